The van der Waals surface area contributed by atoms with Gasteiger partial charge in [-0.05, 0) is 24.1 Å². The summed E-state index contributed by atoms with van der Waals surface area (Å²) in [4.78, 5) is 11.3. The van der Waals surface area contributed by atoms with Gasteiger partial charge in [-0.2, -0.15) is 0 Å². The summed E-state index contributed by atoms with van der Waals surface area (Å²) in [7, 11) is 0. The SMILES string of the molecule is CCCC(=O)OC[C@H](O)CNc1ccc(OCc2ccccc2)c(F)c1. The lowest BCUT2D eigenvalue weighted by atomic mass is 10.2. The smallest absolute Gasteiger partial charge is 0.305 e. The van der Waals surface area contributed by atoms with Crippen LogP contribution in [0.15, 0.2) is 48.5 Å². The molecule has 0 aliphatic heterocycles. The number of carbonyl (C=O) groups is 1. The number of aliphatic hydroxyl groups is 1. The second-order valence-corrected chi connectivity index (χ2v) is 5.89. The fourth-order valence-electron chi connectivity index (χ4n) is 2.22. The van der Waals surface area contributed by atoms with Gasteiger partial charge in [0.25, 0.3) is 0 Å². The van der Waals surface area contributed by atoms with Crippen molar-refractivity contribution >= 4 is 11.7 Å². The number of aliphatic hydroxyl groups excluding tert-OH is 1. The third-order valence-corrected chi connectivity index (χ3v) is 3.60. The van der Waals surface area contributed by atoms with Gasteiger partial charge >= 0.3 is 5.97 Å². The van der Waals surface area contributed by atoms with Gasteiger partial charge in [0, 0.05) is 24.7 Å². The number of hydrogen-bond acceptors (Lipinski definition) is 5. The maximum absolute atomic E-state index is 14.1. The van der Waals surface area contributed by atoms with Gasteiger partial charge in [-0.15, -0.1) is 0 Å². The molecule has 5 nitrogen and oxygen atoms in total. The molecule has 0 saturated heterocycles. The lowest BCUT2D eigenvalue weighted by Crippen LogP contribution is -2.26. The third-order valence-electron chi connectivity index (χ3n) is 3.60. The number of rotatable bonds is 10. The van der Waals surface area contributed by atoms with Crippen molar-refractivity contribution in [2.75, 3.05) is 18.5 Å². The normalized spacial score (nSPS) is 11.7. The van der Waals surface area contributed by atoms with E-state index in [2.05, 4.69) is 5.32 Å². The summed E-state index contributed by atoms with van der Waals surface area (Å²) < 4.78 is 24.5. The van der Waals surface area contributed by atoms with Crippen molar-refractivity contribution in [1.29, 1.82) is 0 Å². The van der Waals surface area contributed by atoms with Gasteiger partial charge < -0.3 is 19.9 Å². The molecule has 0 saturated carbocycles. The minimum absolute atomic E-state index is 0.0907. The Bertz CT molecular complexity index is 693. The van der Waals surface area contributed by atoms with Gasteiger partial charge in [0.15, 0.2) is 11.6 Å². The first-order valence-electron chi connectivity index (χ1n) is 8.62. The molecular formula is C20H24FNO4. The number of ether oxygens (including phenoxy) is 2. The zero-order valence-electron chi connectivity index (χ0n) is 14.8. The molecule has 0 spiro atoms. The van der Waals surface area contributed by atoms with Gasteiger partial charge in [-0.25, -0.2) is 4.39 Å². The highest BCUT2D eigenvalue weighted by Gasteiger charge is 2.10. The quantitative estimate of drug-likeness (QED) is 0.634. The molecule has 0 fully saturated rings. The van der Waals surface area contributed by atoms with Crippen LogP contribution in [0.4, 0.5) is 10.1 Å². The standard InChI is InChI=1S/C20H24FNO4/c1-2-6-20(24)26-14-17(23)12-22-16-9-10-19(18(21)11-16)25-13-15-7-4-3-5-8-15/h3-5,7-11,17,22-23H,2,6,12-14H2,1H3/t17-/m1/s1. The van der Waals surface area contributed by atoms with Crippen molar-refractivity contribution in [2.24, 2.45) is 0 Å². The molecule has 2 rings (SSSR count). The first kappa shape index (κ1) is 19.7. The average molecular weight is 361 g/mol. The maximum Gasteiger partial charge on any atom is 0.305 e. The number of nitrogens with one attached hydrogen (secondary N) is 1. The summed E-state index contributed by atoms with van der Waals surface area (Å²) in [5.74, 6) is -0.666. The van der Waals surface area contributed by atoms with Crippen LogP contribution in [0.3, 0.4) is 0 Å². The van der Waals surface area contributed by atoms with Gasteiger partial charge in [-0.3, -0.25) is 4.79 Å². The van der Waals surface area contributed by atoms with Crippen molar-refractivity contribution < 1.29 is 23.8 Å². The summed E-state index contributed by atoms with van der Waals surface area (Å²) in [6.07, 6.45) is 0.161. The van der Waals surface area contributed by atoms with Crippen LogP contribution in [0.25, 0.3) is 0 Å². The second kappa shape index (κ2) is 10.4. The first-order valence-corrected chi connectivity index (χ1v) is 8.62. The highest BCUT2D eigenvalue weighted by Crippen LogP contribution is 2.22. The Morgan fingerprint density at radius 2 is 2.00 bits per heavy atom. The van der Waals surface area contributed by atoms with Crippen LogP contribution in [-0.4, -0.2) is 30.3 Å². The van der Waals surface area contributed by atoms with Crippen molar-refractivity contribution in [2.45, 2.75) is 32.5 Å². The third kappa shape index (κ3) is 6.72. The maximum atomic E-state index is 14.1. The molecule has 0 aromatic heterocycles. The highest BCUT2D eigenvalue weighted by atomic mass is 19.1. The summed E-state index contributed by atoms with van der Waals surface area (Å²) in [5, 5.41) is 12.7. The number of esters is 1. The molecule has 0 bridgehead atoms. The Morgan fingerprint density at radius 3 is 2.69 bits per heavy atom. The number of benzene rings is 2. The van der Waals surface area contributed by atoms with E-state index in [0.717, 1.165) is 5.56 Å². The van der Waals surface area contributed by atoms with Crippen molar-refractivity contribution in [1.82, 2.24) is 0 Å². The Labute approximate surface area is 152 Å². The zero-order chi connectivity index (χ0) is 18.8. The summed E-state index contributed by atoms with van der Waals surface area (Å²) >= 11 is 0. The number of halogens is 1. The van der Waals surface area contributed by atoms with E-state index in [1.807, 2.05) is 37.3 Å². The van der Waals surface area contributed by atoms with Gasteiger partial charge in [-0.1, -0.05) is 37.3 Å². The molecule has 0 radical (unpaired) electrons. The Balaban J connectivity index is 1.78. The zero-order valence-corrected chi connectivity index (χ0v) is 14.8. The van der Waals surface area contributed by atoms with Crippen LogP contribution >= 0.6 is 0 Å². The highest BCUT2D eigenvalue weighted by molar-refractivity contribution is 5.69. The minimum atomic E-state index is -0.868. The Morgan fingerprint density at radius 1 is 1.23 bits per heavy atom. The molecule has 0 amide bonds. The average Bonchev–Trinajstić information content (AvgIpc) is 2.65. The second-order valence-electron chi connectivity index (χ2n) is 5.89. The molecule has 6 heteroatoms. The molecule has 0 unspecified atom stereocenters. The van der Waals surface area contributed by atoms with Crippen molar-refractivity contribution in [3.63, 3.8) is 0 Å². The van der Waals surface area contributed by atoms with E-state index in [1.54, 1.807) is 6.07 Å². The van der Waals surface area contributed by atoms with Crippen LogP contribution in [0.2, 0.25) is 0 Å². The number of carbonyl (C=O) groups excluding carboxylic acids is 1. The molecule has 1 atom stereocenters. The predicted molar refractivity (Wildman–Crippen MR) is 97.5 cm³/mol. The topological polar surface area (TPSA) is 67.8 Å². The van der Waals surface area contributed by atoms with E-state index < -0.39 is 11.9 Å². The Hall–Kier alpha value is -2.60. The number of anilines is 1. The van der Waals surface area contributed by atoms with E-state index in [9.17, 15) is 14.3 Å². The molecule has 0 aliphatic rings. The summed E-state index contributed by atoms with van der Waals surface area (Å²) in [5.41, 5.74) is 1.46. The molecule has 2 N–H and O–H groups in total. The molecule has 2 aromatic carbocycles. The van der Waals surface area contributed by atoms with E-state index in [-0.39, 0.29) is 31.5 Å². The van der Waals surface area contributed by atoms with E-state index >= 15 is 0 Å². The van der Waals surface area contributed by atoms with Crippen molar-refractivity contribution in [3.8, 4) is 5.75 Å². The Kier molecular flexibility index (Phi) is 7.89. The largest absolute Gasteiger partial charge is 0.486 e. The van der Waals surface area contributed by atoms with Crippen LogP contribution in [0, 0.1) is 5.82 Å². The van der Waals surface area contributed by atoms with E-state index in [0.29, 0.717) is 18.5 Å². The number of hydrogen-bond donors (Lipinski definition) is 2. The predicted octanol–water partition coefficient (Wildman–Crippen LogP) is 3.52. The lowest BCUT2D eigenvalue weighted by molar-refractivity contribution is -0.146. The lowest BCUT2D eigenvalue weighted by Gasteiger charge is -2.14. The van der Waals surface area contributed by atoms with Crippen LogP contribution < -0.4 is 10.1 Å². The fourth-order valence-corrected chi connectivity index (χ4v) is 2.22. The first-order chi connectivity index (χ1) is 12.6. The minimum Gasteiger partial charge on any atom is -0.486 e. The van der Waals surface area contributed by atoms with Gasteiger partial charge in [0.05, 0.1) is 0 Å². The molecule has 0 heterocycles. The van der Waals surface area contributed by atoms with E-state index in [1.165, 1.54) is 12.1 Å². The summed E-state index contributed by atoms with van der Waals surface area (Å²) in [6.45, 7) is 2.21. The van der Waals surface area contributed by atoms with Crippen LogP contribution in [-0.2, 0) is 16.1 Å². The van der Waals surface area contributed by atoms with E-state index in [4.69, 9.17) is 9.47 Å². The van der Waals surface area contributed by atoms with Crippen molar-refractivity contribution in [3.05, 3.63) is 59.9 Å². The molecule has 140 valence electrons. The van der Waals surface area contributed by atoms with Gasteiger partial charge in [0.1, 0.15) is 19.3 Å². The molecular weight excluding hydrogens is 337 g/mol. The molecule has 2 aromatic rings. The van der Waals surface area contributed by atoms with Gasteiger partial charge in [0.2, 0.25) is 0 Å². The fraction of sp³-hybridized carbons (Fsp3) is 0.350. The van der Waals surface area contributed by atoms with Crippen LogP contribution in [0.5, 0.6) is 5.75 Å². The molecule has 26 heavy (non-hydrogen) atoms. The van der Waals surface area contributed by atoms with Crippen LogP contribution in [0.1, 0.15) is 25.3 Å². The summed E-state index contributed by atoms with van der Waals surface area (Å²) in [6, 6.07) is 14.0. The monoisotopic (exact) mass is 361 g/mol. The molecule has 0 aliphatic carbocycles.